The minimum atomic E-state index is -0.159. The van der Waals surface area contributed by atoms with Gasteiger partial charge in [-0.15, -0.1) is 0 Å². The average molecular weight is 290 g/mol. The van der Waals surface area contributed by atoms with Crippen molar-refractivity contribution >= 4 is 34.6 Å². The molecule has 0 aromatic heterocycles. The molecule has 1 aliphatic heterocycles. The van der Waals surface area contributed by atoms with Gasteiger partial charge in [0, 0.05) is 31.3 Å². The zero-order valence-corrected chi connectivity index (χ0v) is 12.3. The number of benzene rings is 1. The van der Waals surface area contributed by atoms with E-state index in [0.717, 1.165) is 25.9 Å². The number of carbonyl (C=O) groups excluding carboxylic acids is 2. The molecule has 0 spiro atoms. The molecule has 0 radical (unpaired) electrons. The number of Topliss-reactive ketones (excluding diaryl/α,β-unsaturated/α-hetero) is 1. The van der Waals surface area contributed by atoms with E-state index in [9.17, 15) is 9.59 Å². The molecular weight excluding hydrogens is 272 g/mol. The van der Waals surface area contributed by atoms with E-state index in [-0.39, 0.29) is 11.7 Å². The van der Waals surface area contributed by atoms with Gasteiger partial charge in [0.25, 0.3) is 0 Å². The van der Waals surface area contributed by atoms with Crippen LogP contribution < -0.4 is 5.32 Å². The summed E-state index contributed by atoms with van der Waals surface area (Å²) in [6.07, 6.45) is 3.37. The molecule has 2 rings (SSSR count). The molecule has 1 fully saturated rings. The van der Waals surface area contributed by atoms with Crippen LogP contribution >= 0.6 is 12.2 Å². The van der Waals surface area contributed by atoms with Crippen LogP contribution in [-0.2, 0) is 4.79 Å². The number of thiocarbonyl (C=S) groups is 1. The van der Waals surface area contributed by atoms with Crippen LogP contribution in [0.3, 0.4) is 0 Å². The fraction of sp³-hybridized carbons (Fsp3) is 0.400. The highest BCUT2D eigenvalue weighted by Crippen LogP contribution is 2.15. The minimum absolute atomic E-state index is 0.144. The Morgan fingerprint density at radius 2 is 1.90 bits per heavy atom. The van der Waals surface area contributed by atoms with Crippen LogP contribution in [0.4, 0.5) is 5.69 Å². The number of hydrogen-bond donors (Lipinski definition) is 1. The molecule has 0 atom stereocenters. The van der Waals surface area contributed by atoms with Crippen LogP contribution in [0.1, 0.15) is 36.5 Å². The number of nitrogens with zero attached hydrogens (tertiary/aromatic N) is 1. The van der Waals surface area contributed by atoms with Gasteiger partial charge in [-0.25, -0.2) is 0 Å². The summed E-state index contributed by atoms with van der Waals surface area (Å²) < 4.78 is 0. The lowest BCUT2D eigenvalue weighted by Gasteiger charge is -2.28. The Labute approximate surface area is 124 Å². The molecule has 106 valence electrons. The van der Waals surface area contributed by atoms with Crippen molar-refractivity contribution in [1.82, 2.24) is 4.90 Å². The third-order valence-electron chi connectivity index (χ3n) is 3.28. The lowest BCUT2D eigenvalue weighted by atomic mass is 10.1. The second-order valence-electron chi connectivity index (χ2n) is 4.94. The summed E-state index contributed by atoms with van der Waals surface area (Å²) in [5.41, 5.74) is 1.14. The molecule has 1 aromatic carbocycles. The Hall–Kier alpha value is -1.75. The first-order chi connectivity index (χ1) is 9.58. The van der Waals surface area contributed by atoms with Crippen molar-refractivity contribution in [3.63, 3.8) is 0 Å². The van der Waals surface area contributed by atoms with E-state index in [1.165, 1.54) is 13.3 Å². The normalized spacial score (nSPS) is 14.8. The second kappa shape index (κ2) is 6.61. The number of rotatable bonds is 3. The Kier molecular flexibility index (Phi) is 4.84. The zero-order valence-electron chi connectivity index (χ0n) is 11.5. The van der Waals surface area contributed by atoms with Crippen molar-refractivity contribution in [1.29, 1.82) is 0 Å². The van der Waals surface area contributed by atoms with Crippen molar-refractivity contribution in [2.24, 2.45) is 0 Å². The van der Waals surface area contributed by atoms with E-state index in [2.05, 4.69) is 5.32 Å². The Balaban J connectivity index is 2.11. The maximum absolute atomic E-state index is 12.4. The standard InChI is InChI=1S/C15H18N2O2S/c1-11(18)16-13-7-5-6-12(10-13)14(19)15(20)17-8-3-2-4-9-17/h5-7,10H,2-4,8-9H2,1H3,(H,16,18). The van der Waals surface area contributed by atoms with Crippen LogP contribution in [0.2, 0.25) is 0 Å². The highest BCUT2D eigenvalue weighted by Gasteiger charge is 2.20. The molecule has 1 saturated heterocycles. The fourth-order valence-corrected chi connectivity index (χ4v) is 2.61. The zero-order chi connectivity index (χ0) is 14.5. The molecule has 0 saturated carbocycles. The molecule has 0 aliphatic carbocycles. The van der Waals surface area contributed by atoms with E-state index in [0.29, 0.717) is 16.2 Å². The summed E-state index contributed by atoms with van der Waals surface area (Å²) in [6, 6.07) is 6.89. The van der Waals surface area contributed by atoms with E-state index in [1.807, 2.05) is 4.90 Å². The maximum Gasteiger partial charge on any atom is 0.221 e. The van der Waals surface area contributed by atoms with Crippen molar-refractivity contribution in [3.8, 4) is 0 Å². The molecule has 1 heterocycles. The van der Waals surface area contributed by atoms with E-state index in [4.69, 9.17) is 12.2 Å². The molecule has 1 amide bonds. The van der Waals surface area contributed by atoms with Crippen LogP contribution in [0.25, 0.3) is 0 Å². The highest BCUT2D eigenvalue weighted by molar-refractivity contribution is 7.82. The van der Waals surface area contributed by atoms with Gasteiger partial charge in [0.1, 0.15) is 0 Å². The van der Waals surface area contributed by atoms with Gasteiger partial charge in [-0.05, 0) is 31.4 Å². The van der Waals surface area contributed by atoms with E-state index >= 15 is 0 Å². The Morgan fingerprint density at radius 1 is 1.20 bits per heavy atom. The Morgan fingerprint density at radius 3 is 2.55 bits per heavy atom. The summed E-state index contributed by atoms with van der Waals surface area (Å²) in [4.78, 5) is 25.8. The number of anilines is 1. The molecule has 1 N–H and O–H groups in total. The van der Waals surface area contributed by atoms with Crippen molar-refractivity contribution in [3.05, 3.63) is 29.8 Å². The van der Waals surface area contributed by atoms with Gasteiger partial charge in [0.2, 0.25) is 11.7 Å². The molecule has 0 unspecified atom stereocenters. The summed E-state index contributed by atoms with van der Waals surface area (Å²) in [6.45, 7) is 3.15. The third kappa shape index (κ3) is 3.63. The largest absolute Gasteiger partial charge is 0.360 e. The Bertz CT molecular complexity index is 536. The van der Waals surface area contributed by atoms with Crippen LogP contribution in [0.15, 0.2) is 24.3 Å². The summed E-state index contributed by atoms with van der Waals surface area (Å²) in [5, 5.41) is 2.67. The summed E-state index contributed by atoms with van der Waals surface area (Å²) in [5.74, 6) is -0.303. The first-order valence-corrected chi connectivity index (χ1v) is 7.20. The topological polar surface area (TPSA) is 49.4 Å². The number of hydrogen-bond acceptors (Lipinski definition) is 3. The lowest BCUT2D eigenvalue weighted by Crippen LogP contribution is -2.38. The summed E-state index contributed by atoms with van der Waals surface area (Å²) >= 11 is 5.30. The van der Waals surface area contributed by atoms with Crippen LogP contribution in [-0.4, -0.2) is 34.7 Å². The number of carbonyl (C=O) groups is 2. The van der Waals surface area contributed by atoms with Gasteiger partial charge in [-0.3, -0.25) is 9.59 Å². The monoisotopic (exact) mass is 290 g/mol. The van der Waals surface area contributed by atoms with Gasteiger partial charge in [-0.2, -0.15) is 0 Å². The number of nitrogens with one attached hydrogen (secondary N) is 1. The smallest absolute Gasteiger partial charge is 0.221 e. The number of likely N-dealkylation sites (tertiary alicyclic amines) is 1. The molecule has 0 bridgehead atoms. The summed E-state index contributed by atoms with van der Waals surface area (Å²) in [7, 11) is 0. The predicted octanol–water partition coefficient (Wildman–Crippen LogP) is 2.64. The van der Waals surface area contributed by atoms with E-state index < -0.39 is 0 Å². The molecular formula is C15H18N2O2S. The van der Waals surface area contributed by atoms with Crippen molar-refractivity contribution in [2.45, 2.75) is 26.2 Å². The van der Waals surface area contributed by atoms with Gasteiger partial charge >= 0.3 is 0 Å². The first kappa shape index (κ1) is 14.7. The molecule has 4 nitrogen and oxygen atoms in total. The minimum Gasteiger partial charge on any atom is -0.360 e. The second-order valence-corrected chi connectivity index (χ2v) is 5.33. The lowest BCUT2D eigenvalue weighted by molar-refractivity contribution is -0.114. The third-order valence-corrected chi connectivity index (χ3v) is 3.73. The van der Waals surface area contributed by atoms with Crippen molar-refractivity contribution in [2.75, 3.05) is 18.4 Å². The van der Waals surface area contributed by atoms with Crippen LogP contribution in [0, 0.1) is 0 Å². The molecule has 5 heteroatoms. The van der Waals surface area contributed by atoms with Gasteiger partial charge in [0.05, 0.1) is 0 Å². The van der Waals surface area contributed by atoms with Crippen molar-refractivity contribution < 1.29 is 9.59 Å². The van der Waals surface area contributed by atoms with Gasteiger partial charge < -0.3 is 10.2 Å². The average Bonchev–Trinajstić information content (AvgIpc) is 2.46. The predicted molar refractivity (Wildman–Crippen MR) is 83.1 cm³/mol. The van der Waals surface area contributed by atoms with Crippen LogP contribution in [0.5, 0.6) is 0 Å². The highest BCUT2D eigenvalue weighted by atomic mass is 32.1. The maximum atomic E-state index is 12.4. The molecule has 20 heavy (non-hydrogen) atoms. The number of piperidine rings is 1. The quantitative estimate of drug-likeness (QED) is 0.687. The van der Waals surface area contributed by atoms with E-state index in [1.54, 1.807) is 24.3 Å². The first-order valence-electron chi connectivity index (χ1n) is 6.79. The fourth-order valence-electron chi connectivity index (χ4n) is 2.31. The number of amides is 1. The molecule has 1 aliphatic rings. The van der Waals surface area contributed by atoms with Gasteiger partial charge in [0.15, 0.2) is 4.99 Å². The number of ketones is 1. The SMILES string of the molecule is CC(=O)Nc1cccc(C(=O)C(=S)N2CCCCC2)c1. The molecule has 1 aromatic rings. The van der Waals surface area contributed by atoms with Gasteiger partial charge in [-0.1, -0.05) is 24.4 Å².